The number of ether oxygens (including phenoxy) is 1. The summed E-state index contributed by atoms with van der Waals surface area (Å²) in [7, 11) is 0. The van der Waals surface area contributed by atoms with E-state index >= 15 is 0 Å². The van der Waals surface area contributed by atoms with Crippen molar-refractivity contribution in [2.45, 2.75) is 13.8 Å². The van der Waals surface area contributed by atoms with Crippen LogP contribution in [0.15, 0.2) is 43.2 Å². The van der Waals surface area contributed by atoms with Gasteiger partial charge >= 0.3 is 0 Å². The van der Waals surface area contributed by atoms with Gasteiger partial charge in [0.1, 0.15) is 5.76 Å². The lowest BCUT2D eigenvalue weighted by atomic mass is 10.1. The van der Waals surface area contributed by atoms with Gasteiger partial charge in [-0.15, -0.1) is 0 Å². The second kappa shape index (κ2) is 4.51. The molecule has 13 heavy (non-hydrogen) atoms. The predicted octanol–water partition coefficient (Wildman–Crippen LogP) is 3.52. The summed E-state index contributed by atoms with van der Waals surface area (Å²) >= 11 is 0. The molecule has 1 rings (SSSR count). The minimum absolute atomic E-state index is 0.846. The van der Waals surface area contributed by atoms with Gasteiger partial charge in [-0.1, -0.05) is 30.3 Å². The van der Waals surface area contributed by atoms with E-state index in [1.807, 2.05) is 25.1 Å². The van der Waals surface area contributed by atoms with Crippen molar-refractivity contribution in [1.82, 2.24) is 0 Å². The predicted molar refractivity (Wildman–Crippen MR) is 56.1 cm³/mol. The second-order valence-corrected chi connectivity index (χ2v) is 2.81. The summed E-state index contributed by atoms with van der Waals surface area (Å²) < 4.78 is 5.26. The monoisotopic (exact) mass is 174 g/mol. The van der Waals surface area contributed by atoms with Gasteiger partial charge in [0.15, 0.2) is 0 Å². The van der Waals surface area contributed by atoms with Crippen molar-refractivity contribution in [3.63, 3.8) is 0 Å². The molecule has 1 aromatic carbocycles. The van der Waals surface area contributed by atoms with Crippen LogP contribution < -0.4 is 0 Å². The summed E-state index contributed by atoms with van der Waals surface area (Å²) in [6.45, 7) is 7.54. The van der Waals surface area contributed by atoms with Gasteiger partial charge in [0, 0.05) is 5.56 Å². The Hall–Kier alpha value is -1.50. The van der Waals surface area contributed by atoms with Gasteiger partial charge in [0.25, 0.3) is 0 Å². The van der Waals surface area contributed by atoms with Crippen LogP contribution in [0.2, 0.25) is 0 Å². The lowest BCUT2D eigenvalue weighted by Crippen LogP contribution is -1.86. The molecule has 0 aliphatic heterocycles. The Labute approximate surface area is 79.4 Å². The first kappa shape index (κ1) is 9.59. The Morgan fingerprint density at radius 2 is 2.23 bits per heavy atom. The number of allylic oxidation sites excluding steroid dienone is 1. The zero-order valence-corrected chi connectivity index (χ0v) is 8.08. The summed E-state index contributed by atoms with van der Waals surface area (Å²) in [4.78, 5) is 0. The molecule has 0 aliphatic rings. The maximum atomic E-state index is 5.26. The maximum Gasteiger partial charge on any atom is 0.129 e. The molecule has 0 fully saturated rings. The second-order valence-electron chi connectivity index (χ2n) is 2.81. The molecule has 0 aliphatic carbocycles. The van der Waals surface area contributed by atoms with Crippen LogP contribution in [0.25, 0.3) is 5.76 Å². The van der Waals surface area contributed by atoms with Crippen molar-refractivity contribution < 1.29 is 4.74 Å². The third-order valence-corrected chi connectivity index (χ3v) is 1.78. The smallest absolute Gasteiger partial charge is 0.129 e. The van der Waals surface area contributed by atoms with Crippen molar-refractivity contribution in [2.75, 3.05) is 0 Å². The molecule has 0 spiro atoms. The molecule has 1 aromatic rings. The minimum atomic E-state index is 0.846. The normalized spacial score (nSPS) is 11.1. The first-order valence-electron chi connectivity index (χ1n) is 4.29. The highest BCUT2D eigenvalue weighted by atomic mass is 16.5. The largest absolute Gasteiger partial charge is 0.465 e. The summed E-state index contributed by atoms with van der Waals surface area (Å²) in [5, 5.41) is 0. The fourth-order valence-corrected chi connectivity index (χ4v) is 1.19. The van der Waals surface area contributed by atoms with Gasteiger partial charge < -0.3 is 4.74 Å². The number of hydrogen-bond donors (Lipinski definition) is 0. The fourth-order valence-electron chi connectivity index (χ4n) is 1.19. The SMILES string of the molecule is C=CO/C(=C\C)c1cccc(C)c1. The molecule has 1 nitrogen and oxygen atoms in total. The van der Waals surface area contributed by atoms with Crippen LogP contribution in [-0.4, -0.2) is 0 Å². The lowest BCUT2D eigenvalue weighted by Gasteiger charge is -2.05. The average Bonchev–Trinajstić information content (AvgIpc) is 2.14. The van der Waals surface area contributed by atoms with Gasteiger partial charge in [-0.3, -0.25) is 0 Å². The van der Waals surface area contributed by atoms with E-state index in [9.17, 15) is 0 Å². The molecule has 0 amide bonds. The Morgan fingerprint density at radius 1 is 1.46 bits per heavy atom. The van der Waals surface area contributed by atoms with Crippen LogP contribution >= 0.6 is 0 Å². The maximum absolute atomic E-state index is 5.26. The van der Waals surface area contributed by atoms with Crippen LogP contribution in [0.5, 0.6) is 0 Å². The van der Waals surface area contributed by atoms with E-state index in [-0.39, 0.29) is 0 Å². The van der Waals surface area contributed by atoms with Gasteiger partial charge in [0.05, 0.1) is 6.26 Å². The fraction of sp³-hybridized carbons (Fsp3) is 0.167. The third-order valence-electron chi connectivity index (χ3n) is 1.78. The zero-order valence-electron chi connectivity index (χ0n) is 8.08. The highest BCUT2D eigenvalue weighted by Crippen LogP contribution is 2.16. The van der Waals surface area contributed by atoms with E-state index in [0.717, 1.165) is 11.3 Å². The molecule has 1 heteroatoms. The zero-order chi connectivity index (χ0) is 9.68. The molecular formula is C12H14O. The minimum Gasteiger partial charge on any atom is -0.465 e. The number of hydrogen-bond acceptors (Lipinski definition) is 1. The summed E-state index contributed by atoms with van der Waals surface area (Å²) in [5.74, 6) is 0.846. The third kappa shape index (κ3) is 2.48. The van der Waals surface area contributed by atoms with Crippen molar-refractivity contribution in [2.24, 2.45) is 0 Å². The van der Waals surface area contributed by atoms with E-state index in [0.29, 0.717) is 0 Å². The van der Waals surface area contributed by atoms with Gasteiger partial charge in [-0.05, 0) is 26.0 Å². The standard InChI is InChI=1S/C12H14O/c1-4-12(13-5-2)11-8-6-7-10(3)9-11/h4-9H,2H2,1,3H3/b12-4-. The van der Waals surface area contributed by atoms with Gasteiger partial charge in [-0.25, -0.2) is 0 Å². The highest BCUT2D eigenvalue weighted by Gasteiger charge is 1.99. The molecule has 0 atom stereocenters. The molecule has 0 aromatic heterocycles. The molecule has 0 saturated heterocycles. The van der Waals surface area contributed by atoms with Crippen molar-refractivity contribution in [3.05, 3.63) is 54.3 Å². The summed E-state index contributed by atoms with van der Waals surface area (Å²) in [6, 6.07) is 8.18. The Balaban J connectivity index is 2.98. The van der Waals surface area contributed by atoms with Crippen LogP contribution in [0.1, 0.15) is 18.1 Å². The van der Waals surface area contributed by atoms with Crippen molar-refractivity contribution >= 4 is 5.76 Å². The molecule has 0 bridgehead atoms. The van der Waals surface area contributed by atoms with Gasteiger partial charge in [0.2, 0.25) is 0 Å². The lowest BCUT2D eigenvalue weighted by molar-refractivity contribution is 0.438. The van der Waals surface area contributed by atoms with Crippen LogP contribution in [0.4, 0.5) is 0 Å². The van der Waals surface area contributed by atoms with E-state index in [1.54, 1.807) is 0 Å². The molecule has 0 unspecified atom stereocenters. The molecule has 0 radical (unpaired) electrons. The van der Waals surface area contributed by atoms with Crippen LogP contribution in [-0.2, 0) is 4.74 Å². The number of aryl methyl sites for hydroxylation is 1. The first-order chi connectivity index (χ1) is 6.27. The molecule has 68 valence electrons. The number of rotatable bonds is 3. The molecular weight excluding hydrogens is 160 g/mol. The number of benzene rings is 1. The van der Waals surface area contributed by atoms with E-state index < -0.39 is 0 Å². The summed E-state index contributed by atoms with van der Waals surface area (Å²) in [6.07, 6.45) is 3.37. The van der Waals surface area contributed by atoms with Crippen molar-refractivity contribution in [1.29, 1.82) is 0 Å². The first-order valence-corrected chi connectivity index (χ1v) is 4.29. The molecule has 0 heterocycles. The van der Waals surface area contributed by atoms with E-state index in [1.165, 1.54) is 11.8 Å². The quantitative estimate of drug-likeness (QED) is 0.637. The Morgan fingerprint density at radius 3 is 2.77 bits per heavy atom. The van der Waals surface area contributed by atoms with E-state index in [2.05, 4.69) is 25.6 Å². The van der Waals surface area contributed by atoms with Crippen LogP contribution in [0, 0.1) is 6.92 Å². The van der Waals surface area contributed by atoms with Gasteiger partial charge in [-0.2, -0.15) is 0 Å². The van der Waals surface area contributed by atoms with Crippen molar-refractivity contribution in [3.8, 4) is 0 Å². The van der Waals surface area contributed by atoms with E-state index in [4.69, 9.17) is 4.74 Å². The average molecular weight is 174 g/mol. The summed E-state index contributed by atoms with van der Waals surface area (Å²) in [5.41, 5.74) is 2.31. The van der Waals surface area contributed by atoms with Crippen LogP contribution in [0.3, 0.4) is 0 Å². The molecule has 0 saturated carbocycles. The Bertz CT molecular complexity index is 324. The molecule has 0 N–H and O–H groups in total. The topological polar surface area (TPSA) is 9.23 Å². The highest BCUT2D eigenvalue weighted by molar-refractivity contribution is 5.60. The Kier molecular flexibility index (Phi) is 3.32.